The van der Waals surface area contributed by atoms with Crippen molar-refractivity contribution in [3.63, 3.8) is 0 Å². The maximum atomic E-state index is 11.9. The summed E-state index contributed by atoms with van der Waals surface area (Å²) in [5.74, 6) is 0.965. The van der Waals surface area contributed by atoms with E-state index in [9.17, 15) is 9.90 Å². The van der Waals surface area contributed by atoms with Crippen molar-refractivity contribution >= 4 is 11.0 Å². The maximum absolute atomic E-state index is 11.9. The van der Waals surface area contributed by atoms with Crippen LogP contribution in [-0.2, 0) is 19.5 Å². The maximum Gasteiger partial charge on any atom is 0.336 e. The highest BCUT2D eigenvalue weighted by atomic mass is 16.5. The summed E-state index contributed by atoms with van der Waals surface area (Å²) in [6.07, 6.45) is 2.42. The minimum Gasteiger partial charge on any atom is -0.508 e. The average molecular weight is 379 g/mol. The van der Waals surface area contributed by atoms with Gasteiger partial charge in [-0.1, -0.05) is 31.7 Å². The Hall–Kier alpha value is -3.05. The molecule has 0 atom stereocenters. The van der Waals surface area contributed by atoms with Gasteiger partial charge in [0.15, 0.2) is 0 Å². The molecule has 5 nitrogen and oxygen atoms in total. The molecular weight excluding hydrogens is 354 g/mol. The summed E-state index contributed by atoms with van der Waals surface area (Å²) in [4.78, 5) is 14.1. The van der Waals surface area contributed by atoms with Crippen LogP contribution in [0.25, 0.3) is 11.0 Å². The van der Waals surface area contributed by atoms with Gasteiger partial charge in [-0.2, -0.15) is 0 Å². The van der Waals surface area contributed by atoms with Gasteiger partial charge in [0.05, 0.1) is 0 Å². The van der Waals surface area contributed by atoms with Gasteiger partial charge >= 0.3 is 5.63 Å². The first-order valence-corrected chi connectivity index (χ1v) is 9.30. The number of aryl methyl sites for hydroxylation is 1. The fourth-order valence-electron chi connectivity index (χ4n) is 3.23. The first kappa shape index (κ1) is 19.7. The average Bonchev–Trinajstić information content (AvgIpc) is 2.66. The van der Waals surface area contributed by atoms with Gasteiger partial charge in [-0.15, -0.1) is 0 Å². The molecule has 3 rings (SSSR count). The highest BCUT2D eigenvalue weighted by molar-refractivity contribution is 5.82. The van der Waals surface area contributed by atoms with Crippen LogP contribution in [0.5, 0.6) is 11.5 Å². The molecule has 2 aromatic carbocycles. The molecule has 0 aliphatic carbocycles. The second kappa shape index (κ2) is 8.76. The summed E-state index contributed by atoms with van der Waals surface area (Å²) in [7, 11) is 2.00. The molecule has 146 valence electrons. The Morgan fingerprint density at radius 3 is 2.57 bits per heavy atom. The molecular formula is C23H25NO4. The van der Waals surface area contributed by atoms with Gasteiger partial charge in [0.25, 0.3) is 0 Å². The van der Waals surface area contributed by atoms with Crippen molar-refractivity contribution in [3.8, 4) is 11.5 Å². The Morgan fingerprint density at radius 1 is 1.14 bits per heavy atom. The molecule has 1 heterocycles. The molecule has 0 saturated heterocycles. The second-order valence-corrected chi connectivity index (χ2v) is 6.84. The van der Waals surface area contributed by atoms with E-state index < -0.39 is 5.63 Å². The lowest BCUT2D eigenvalue weighted by Crippen LogP contribution is -2.18. The molecule has 28 heavy (non-hydrogen) atoms. The Bertz CT molecular complexity index is 1020. The third-order valence-corrected chi connectivity index (χ3v) is 4.59. The quantitative estimate of drug-likeness (QED) is 0.468. The van der Waals surface area contributed by atoms with Crippen LogP contribution in [0, 0.1) is 0 Å². The number of benzene rings is 2. The Balaban J connectivity index is 1.79. The van der Waals surface area contributed by atoms with Crippen molar-refractivity contribution < 1.29 is 14.3 Å². The smallest absolute Gasteiger partial charge is 0.336 e. The summed E-state index contributed by atoms with van der Waals surface area (Å²) in [6.45, 7) is 7.42. The van der Waals surface area contributed by atoms with E-state index in [0.717, 1.165) is 34.4 Å². The van der Waals surface area contributed by atoms with Crippen LogP contribution in [-0.4, -0.2) is 23.7 Å². The Morgan fingerprint density at radius 2 is 1.89 bits per heavy atom. The van der Waals surface area contributed by atoms with Crippen LogP contribution in [0.15, 0.2) is 64.3 Å². The molecule has 0 fully saturated rings. The van der Waals surface area contributed by atoms with Gasteiger partial charge in [0, 0.05) is 30.6 Å². The minimum absolute atomic E-state index is 0.155. The highest BCUT2D eigenvalue weighted by Gasteiger charge is 2.12. The van der Waals surface area contributed by atoms with Crippen LogP contribution in [0.1, 0.15) is 23.6 Å². The van der Waals surface area contributed by atoms with Gasteiger partial charge in [-0.3, -0.25) is 4.90 Å². The zero-order valence-electron chi connectivity index (χ0n) is 16.3. The fraction of sp³-hybridized carbons (Fsp3) is 0.261. The number of ether oxygens (including phenoxy) is 1. The van der Waals surface area contributed by atoms with Crippen molar-refractivity contribution in [2.24, 2.45) is 0 Å². The standard InChI is InChI=1S/C23H25NO4/c1-4-10-27-19-8-6-16(7-9-19)14-24(3)15-18-12-23(26)28-22-13-21(25)17(5-2)11-20(18)22/h4,6-9,11-13,25H,1,5,10,14-15H2,2-3H3. The molecule has 0 unspecified atom stereocenters. The van der Waals surface area contributed by atoms with Crippen molar-refractivity contribution in [3.05, 3.63) is 82.2 Å². The molecule has 5 heteroatoms. The molecule has 1 aromatic heterocycles. The van der Waals surface area contributed by atoms with Crippen molar-refractivity contribution in [2.75, 3.05) is 13.7 Å². The lowest BCUT2D eigenvalue weighted by molar-refractivity contribution is 0.319. The highest BCUT2D eigenvalue weighted by Crippen LogP contribution is 2.27. The van der Waals surface area contributed by atoms with E-state index in [2.05, 4.69) is 11.5 Å². The van der Waals surface area contributed by atoms with Crippen LogP contribution >= 0.6 is 0 Å². The number of phenols is 1. The molecule has 0 aliphatic heterocycles. The molecule has 0 saturated carbocycles. The summed E-state index contributed by atoms with van der Waals surface area (Å²) in [6, 6.07) is 12.9. The predicted octanol–water partition coefficient (Wildman–Crippen LogP) is 4.26. The molecule has 3 aromatic rings. The number of aromatic hydroxyl groups is 1. The van der Waals surface area contributed by atoms with E-state index in [4.69, 9.17) is 9.15 Å². The van der Waals surface area contributed by atoms with E-state index in [1.165, 1.54) is 12.1 Å². The van der Waals surface area contributed by atoms with Gasteiger partial charge in [0.2, 0.25) is 0 Å². The monoisotopic (exact) mass is 379 g/mol. The van der Waals surface area contributed by atoms with E-state index >= 15 is 0 Å². The summed E-state index contributed by atoms with van der Waals surface area (Å²) < 4.78 is 10.8. The zero-order chi connectivity index (χ0) is 20.1. The zero-order valence-corrected chi connectivity index (χ0v) is 16.3. The number of fused-ring (bicyclic) bond motifs is 1. The van der Waals surface area contributed by atoms with Crippen LogP contribution in [0.2, 0.25) is 0 Å². The van der Waals surface area contributed by atoms with Gasteiger partial charge in [0.1, 0.15) is 23.7 Å². The number of rotatable bonds is 8. The van der Waals surface area contributed by atoms with Gasteiger partial charge < -0.3 is 14.3 Å². The van der Waals surface area contributed by atoms with E-state index in [1.807, 2.05) is 44.3 Å². The SMILES string of the molecule is C=CCOc1ccc(CN(C)Cc2cc(=O)oc3cc(O)c(CC)cc23)cc1. The summed E-state index contributed by atoms with van der Waals surface area (Å²) in [5, 5.41) is 10.9. The van der Waals surface area contributed by atoms with Crippen LogP contribution in [0.4, 0.5) is 0 Å². The number of phenolic OH excluding ortho intramolecular Hbond substituents is 1. The number of hydrogen-bond donors (Lipinski definition) is 1. The van der Waals surface area contributed by atoms with Gasteiger partial charge in [-0.05, 0) is 48.4 Å². The van der Waals surface area contributed by atoms with Crippen molar-refractivity contribution in [1.29, 1.82) is 0 Å². The van der Waals surface area contributed by atoms with Crippen molar-refractivity contribution in [1.82, 2.24) is 4.90 Å². The van der Waals surface area contributed by atoms with Crippen molar-refractivity contribution in [2.45, 2.75) is 26.4 Å². The molecule has 0 bridgehead atoms. The predicted molar refractivity (Wildman–Crippen MR) is 111 cm³/mol. The lowest BCUT2D eigenvalue weighted by Gasteiger charge is -2.18. The Kier molecular flexibility index (Phi) is 6.16. The lowest BCUT2D eigenvalue weighted by atomic mass is 10.0. The van der Waals surface area contributed by atoms with E-state index in [-0.39, 0.29) is 5.75 Å². The normalized spacial score (nSPS) is 11.1. The number of hydrogen-bond acceptors (Lipinski definition) is 5. The van der Waals surface area contributed by atoms with E-state index in [0.29, 0.717) is 25.2 Å². The van der Waals surface area contributed by atoms with Crippen LogP contribution in [0.3, 0.4) is 0 Å². The van der Waals surface area contributed by atoms with Crippen LogP contribution < -0.4 is 10.4 Å². The Labute approximate surface area is 164 Å². The summed E-state index contributed by atoms with van der Waals surface area (Å²) in [5.41, 5.74) is 2.86. The molecule has 0 radical (unpaired) electrons. The minimum atomic E-state index is -0.414. The fourth-order valence-corrected chi connectivity index (χ4v) is 3.23. The van der Waals surface area contributed by atoms with E-state index in [1.54, 1.807) is 6.08 Å². The summed E-state index contributed by atoms with van der Waals surface area (Å²) >= 11 is 0. The first-order valence-electron chi connectivity index (χ1n) is 9.30. The third kappa shape index (κ3) is 4.61. The largest absolute Gasteiger partial charge is 0.508 e. The first-order chi connectivity index (χ1) is 13.5. The topological polar surface area (TPSA) is 62.9 Å². The van der Waals surface area contributed by atoms with Gasteiger partial charge in [-0.25, -0.2) is 4.79 Å². The molecule has 0 spiro atoms. The third-order valence-electron chi connectivity index (χ3n) is 4.59. The molecule has 0 aliphatic rings. The molecule has 1 N–H and O–H groups in total. The number of nitrogens with zero attached hydrogens (tertiary/aromatic N) is 1. The second-order valence-electron chi connectivity index (χ2n) is 6.84. The molecule has 0 amide bonds.